The third-order valence-electron chi connectivity index (χ3n) is 1.89. The number of carbonyl (C=O) groups is 2. The normalized spacial score (nSPS) is 10.8. The Labute approximate surface area is 94.8 Å². The smallest absolute Gasteiger partial charge is 0.341 e. The molecule has 0 heterocycles. The number of urea groups is 1. The van der Waals surface area contributed by atoms with E-state index >= 15 is 0 Å². The van der Waals surface area contributed by atoms with E-state index in [1.165, 1.54) is 19.2 Å². The van der Waals surface area contributed by atoms with E-state index in [0.717, 1.165) is 12.1 Å². The number of alkyl halides is 3. The second-order valence-corrected chi connectivity index (χ2v) is 3.11. The number of carbonyl (C=O) groups excluding carboxylic acids is 2. The maximum Gasteiger partial charge on any atom is 0.454 e. The minimum atomic E-state index is -4.89. The topological polar surface area (TPSA) is 58.2 Å². The summed E-state index contributed by atoms with van der Waals surface area (Å²) in [7, 11) is 1.40. The van der Waals surface area contributed by atoms with Crippen molar-refractivity contribution in [3.63, 3.8) is 0 Å². The number of benzene rings is 1. The van der Waals surface area contributed by atoms with Crippen LogP contribution in [0.15, 0.2) is 24.3 Å². The number of amides is 2. The summed E-state index contributed by atoms with van der Waals surface area (Å²) in [5, 5.41) is 4.63. The van der Waals surface area contributed by atoms with E-state index < -0.39 is 23.6 Å². The van der Waals surface area contributed by atoms with Gasteiger partial charge in [0.25, 0.3) is 5.78 Å². The number of ketones is 1. The van der Waals surface area contributed by atoms with Crippen LogP contribution in [0, 0.1) is 0 Å². The van der Waals surface area contributed by atoms with Crippen molar-refractivity contribution in [1.29, 1.82) is 0 Å². The second-order valence-electron chi connectivity index (χ2n) is 3.11. The summed E-state index contributed by atoms with van der Waals surface area (Å²) in [6, 6.07) is 3.94. The lowest BCUT2D eigenvalue weighted by atomic mass is 10.1. The molecule has 2 amide bonds. The molecule has 0 saturated heterocycles. The van der Waals surface area contributed by atoms with Crippen molar-refractivity contribution in [2.24, 2.45) is 0 Å². The van der Waals surface area contributed by atoms with Crippen molar-refractivity contribution in [3.05, 3.63) is 29.8 Å². The zero-order chi connectivity index (χ0) is 13.1. The quantitative estimate of drug-likeness (QED) is 0.786. The highest BCUT2D eigenvalue weighted by Crippen LogP contribution is 2.22. The van der Waals surface area contributed by atoms with Gasteiger partial charge in [-0.15, -0.1) is 0 Å². The molecule has 92 valence electrons. The van der Waals surface area contributed by atoms with Crippen molar-refractivity contribution in [2.75, 3.05) is 12.4 Å². The Bertz CT molecular complexity index is 426. The number of anilines is 1. The highest BCUT2D eigenvalue weighted by molar-refractivity contribution is 6.00. The summed E-state index contributed by atoms with van der Waals surface area (Å²) in [5.41, 5.74) is -0.178. The van der Waals surface area contributed by atoms with Gasteiger partial charge in [-0.2, -0.15) is 13.2 Å². The number of hydrogen-bond acceptors (Lipinski definition) is 2. The van der Waals surface area contributed by atoms with Gasteiger partial charge in [0.05, 0.1) is 0 Å². The minimum absolute atomic E-state index is 0.295. The lowest BCUT2D eigenvalue weighted by molar-refractivity contribution is -0.0885. The van der Waals surface area contributed by atoms with Crippen LogP contribution in [0.1, 0.15) is 10.4 Å². The van der Waals surface area contributed by atoms with Crippen molar-refractivity contribution >= 4 is 17.5 Å². The first-order valence-electron chi connectivity index (χ1n) is 4.55. The van der Waals surface area contributed by atoms with Crippen LogP contribution in [0.5, 0.6) is 0 Å². The largest absolute Gasteiger partial charge is 0.454 e. The highest BCUT2D eigenvalue weighted by atomic mass is 19.4. The number of nitrogens with one attached hydrogen (secondary N) is 2. The Kier molecular flexibility index (Phi) is 3.72. The molecule has 0 fully saturated rings. The van der Waals surface area contributed by atoms with E-state index in [2.05, 4.69) is 10.6 Å². The molecule has 0 atom stereocenters. The fourth-order valence-electron chi connectivity index (χ4n) is 1.06. The molecule has 7 heteroatoms. The summed E-state index contributed by atoms with van der Waals surface area (Å²) >= 11 is 0. The van der Waals surface area contributed by atoms with Gasteiger partial charge < -0.3 is 10.6 Å². The molecule has 0 saturated carbocycles. The Hall–Kier alpha value is -2.05. The summed E-state index contributed by atoms with van der Waals surface area (Å²) in [4.78, 5) is 21.7. The van der Waals surface area contributed by atoms with Gasteiger partial charge in [-0.25, -0.2) is 4.79 Å². The molecule has 0 aromatic heterocycles. The Morgan fingerprint density at radius 3 is 2.06 bits per heavy atom. The van der Waals surface area contributed by atoms with Crippen LogP contribution in [0.2, 0.25) is 0 Å². The first-order chi connectivity index (χ1) is 7.84. The van der Waals surface area contributed by atoms with Crippen molar-refractivity contribution in [1.82, 2.24) is 5.32 Å². The summed E-state index contributed by atoms with van der Waals surface area (Å²) in [6.07, 6.45) is -4.89. The van der Waals surface area contributed by atoms with Crippen molar-refractivity contribution in [3.8, 4) is 0 Å². The van der Waals surface area contributed by atoms with Gasteiger partial charge in [-0.05, 0) is 24.3 Å². The van der Waals surface area contributed by atoms with Crippen molar-refractivity contribution in [2.45, 2.75) is 6.18 Å². The standard InChI is InChI=1S/C10H9F3N2O2/c1-14-9(17)15-7-4-2-6(3-5-7)8(16)10(11,12)13/h2-5H,1H3,(H2,14,15,17). The van der Waals surface area contributed by atoms with Gasteiger partial charge in [0.15, 0.2) is 0 Å². The lowest BCUT2D eigenvalue weighted by Crippen LogP contribution is -2.25. The van der Waals surface area contributed by atoms with E-state index in [1.54, 1.807) is 0 Å². The van der Waals surface area contributed by atoms with Gasteiger partial charge in [0.2, 0.25) is 0 Å². The Morgan fingerprint density at radius 1 is 1.12 bits per heavy atom. The number of rotatable bonds is 2. The number of hydrogen-bond donors (Lipinski definition) is 2. The maximum absolute atomic E-state index is 12.1. The van der Waals surface area contributed by atoms with Crippen LogP contribution in [0.4, 0.5) is 23.7 Å². The van der Waals surface area contributed by atoms with Gasteiger partial charge in [-0.3, -0.25) is 4.79 Å². The number of Topliss-reactive ketones (excluding diaryl/α,β-unsaturated/α-hetero) is 1. The molecule has 0 radical (unpaired) electrons. The second kappa shape index (κ2) is 4.86. The third kappa shape index (κ3) is 3.47. The van der Waals surface area contributed by atoms with Gasteiger partial charge in [-0.1, -0.05) is 0 Å². The van der Waals surface area contributed by atoms with Crippen LogP contribution in [0.3, 0.4) is 0 Å². The summed E-state index contributed by atoms with van der Waals surface area (Å²) < 4.78 is 36.2. The van der Waals surface area contributed by atoms with Crippen LogP contribution < -0.4 is 10.6 Å². The minimum Gasteiger partial charge on any atom is -0.341 e. The third-order valence-corrected chi connectivity index (χ3v) is 1.89. The van der Waals surface area contributed by atoms with Gasteiger partial charge >= 0.3 is 12.2 Å². The van der Waals surface area contributed by atoms with Crippen LogP contribution in [0.25, 0.3) is 0 Å². The van der Waals surface area contributed by atoms with Crippen molar-refractivity contribution < 1.29 is 22.8 Å². The SMILES string of the molecule is CNC(=O)Nc1ccc(C(=O)C(F)(F)F)cc1. The van der Waals surface area contributed by atoms with Crippen LogP contribution >= 0.6 is 0 Å². The Balaban J connectivity index is 2.82. The Morgan fingerprint density at radius 2 is 1.65 bits per heavy atom. The fraction of sp³-hybridized carbons (Fsp3) is 0.200. The molecular formula is C10H9F3N2O2. The van der Waals surface area contributed by atoms with E-state index in [-0.39, 0.29) is 0 Å². The molecule has 0 bridgehead atoms. The zero-order valence-corrected chi connectivity index (χ0v) is 8.76. The van der Waals surface area contributed by atoms with E-state index in [4.69, 9.17) is 0 Å². The zero-order valence-electron chi connectivity index (χ0n) is 8.76. The van der Waals surface area contributed by atoms with Crippen LogP contribution in [-0.2, 0) is 0 Å². The average Bonchev–Trinajstić information content (AvgIpc) is 2.27. The maximum atomic E-state index is 12.1. The molecule has 2 N–H and O–H groups in total. The summed E-state index contributed by atoms with van der Waals surface area (Å²) in [5.74, 6) is -1.91. The molecule has 0 aliphatic rings. The predicted octanol–water partition coefficient (Wildman–Crippen LogP) is 2.18. The molecule has 1 rings (SSSR count). The molecule has 4 nitrogen and oxygen atoms in total. The molecule has 1 aromatic rings. The van der Waals surface area contributed by atoms with Crippen LogP contribution in [-0.4, -0.2) is 25.0 Å². The molecule has 0 aliphatic heterocycles. The van der Waals surface area contributed by atoms with E-state index in [0.29, 0.717) is 5.69 Å². The molecule has 17 heavy (non-hydrogen) atoms. The summed E-state index contributed by atoms with van der Waals surface area (Å²) in [6.45, 7) is 0. The van der Waals surface area contributed by atoms with Gasteiger partial charge in [0, 0.05) is 18.3 Å². The molecule has 1 aromatic carbocycles. The van der Waals surface area contributed by atoms with E-state index in [1.807, 2.05) is 0 Å². The first kappa shape index (κ1) is 13.0. The predicted molar refractivity (Wildman–Crippen MR) is 54.9 cm³/mol. The highest BCUT2D eigenvalue weighted by Gasteiger charge is 2.39. The number of halogens is 3. The molecule has 0 aliphatic carbocycles. The molecule has 0 spiro atoms. The van der Waals surface area contributed by atoms with E-state index in [9.17, 15) is 22.8 Å². The molecular weight excluding hydrogens is 237 g/mol. The first-order valence-corrected chi connectivity index (χ1v) is 4.55. The van der Waals surface area contributed by atoms with Gasteiger partial charge in [0.1, 0.15) is 0 Å². The molecule has 0 unspecified atom stereocenters. The average molecular weight is 246 g/mol. The fourth-order valence-corrected chi connectivity index (χ4v) is 1.06. The lowest BCUT2D eigenvalue weighted by Gasteiger charge is -2.07. The monoisotopic (exact) mass is 246 g/mol.